The molecule has 0 N–H and O–H groups in total. The van der Waals surface area contributed by atoms with E-state index in [1.165, 1.54) is 21.6 Å². The van der Waals surface area contributed by atoms with Crippen molar-refractivity contribution in [3.63, 3.8) is 0 Å². The van der Waals surface area contributed by atoms with Crippen LogP contribution in [0, 0.1) is 6.92 Å². The number of carbonyl (C=O) groups excluding carboxylic acids is 1. The molecular formula is C25H22ClN5O2S. The highest BCUT2D eigenvalue weighted by molar-refractivity contribution is 7.13. The van der Waals surface area contributed by atoms with E-state index >= 15 is 0 Å². The Kier molecular flexibility index (Phi) is 6.17. The van der Waals surface area contributed by atoms with Crippen LogP contribution in [-0.4, -0.2) is 51.8 Å². The van der Waals surface area contributed by atoms with Gasteiger partial charge in [0.2, 0.25) is 0 Å². The van der Waals surface area contributed by atoms with Gasteiger partial charge in [-0.15, -0.1) is 11.3 Å². The minimum atomic E-state index is -0.366. The lowest BCUT2D eigenvalue weighted by atomic mass is 10.2. The summed E-state index contributed by atoms with van der Waals surface area (Å²) in [5.41, 5.74) is 3.52. The second-order valence-electron chi connectivity index (χ2n) is 8.08. The summed E-state index contributed by atoms with van der Waals surface area (Å²) in [6.45, 7) is 4.16. The number of carbonyl (C=O) groups is 1. The summed E-state index contributed by atoms with van der Waals surface area (Å²) in [6.07, 6.45) is 1.61. The van der Waals surface area contributed by atoms with Gasteiger partial charge in [-0.25, -0.2) is 4.98 Å². The summed E-state index contributed by atoms with van der Waals surface area (Å²) in [6, 6.07) is 17.3. The van der Waals surface area contributed by atoms with Gasteiger partial charge in [-0.1, -0.05) is 59.6 Å². The van der Waals surface area contributed by atoms with E-state index in [9.17, 15) is 9.59 Å². The SMILES string of the molecule is Cc1ccc(-c2nc(C(=O)N3CCN(c4cnn(-c5ccccc5)c(=O)c4Cl)CC3)cs2)cc1. The van der Waals surface area contributed by atoms with Crippen LogP contribution in [0.5, 0.6) is 0 Å². The predicted molar refractivity (Wildman–Crippen MR) is 135 cm³/mol. The van der Waals surface area contributed by atoms with Gasteiger partial charge in [0.15, 0.2) is 0 Å². The van der Waals surface area contributed by atoms with Crippen molar-refractivity contribution in [3.05, 3.63) is 92.8 Å². The van der Waals surface area contributed by atoms with Crippen molar-refractivity contribution in [1.29, 1.82) is 0 Å². The van der Waals surface area contributed by atoms with E-state index in [1.54, 1.807) is 23.2 Å². The molecule has 9 heteroatoms. The van der Waals surface area contributed by atoms with Crippen LogP contribution in [0.15, 0.2) is 71.0 Å². The Morgan fingerprint density at radius 3 is 2.41 bits per heavy atom. The molecule has 4 aromatic rings. The summed E-state index contributed by atoms with van der Waals surface area (Å²) in [5, 5.41) is 7.08. The molecule has 7 nitrogen and oxygen atoms in total. The van der Waals surface area contributed by atoms with Crippen LogP contribution in [0.3, 0.4) is 0 Å². The highest BCUT2D eigenvalue weighted by Gasteiger charge is 2.26. The molecule has 1 aliphatic heterocycles. The highest BCUT2D eigenvalue weighted by Crippen LogP contribution is 2.26. The second-order valence-corrected chi connectivity index (χ2v) is 9.32. The fraction of sp³-hybridized carbons (Fsp3) is 0.200. The van der Waals surface area contributed by atoms with Crippen LogP contribution in [0.4, 0.5) is 5.69 Å². The van der Waals surface area contributed by atoms with Crippen LogP contribution in [0.25, 0.3) is 16.3 Å². The van der Waals surface area contributed by atoms with Crippen LogP contribution >= 0.6 is 22.9 Å². The molecule has 34 heavy (non-hydrogen) atoms. The van der Waals surface area contributed by atoms with Crippen LogP contribution in [-0.2, 0) is 0 Å². The first-order valence-corrected chi connectivity index (χ1v) is 12.2. The van der Waals surface area contributed by atoms with Gasteiger partial charge in [0.05, 0.1) is 17.6 Å². The molecule has 0 saturated carbocycles. The van der Waals surface area contributed by atoms with Gasteiger partial charge in [0, 0.05) is 37.1 Å². The Hall–Kier alpha value is -3.49. The van der Waals surface area contributed by atoms with E-state index in [0.29, 0.717) is 43.2 Å². The molecule has 1 amide bonds. The lowest BCUT2D eigenvalue weighted by Gasteiger charge is -2.35. The first-order chi connectivity index (χ1) is 16.5. The number of anilines is 1. The van der Waals surface area contributed by atoms with Crippen molar-refractivity contribution in [2.45, 2.75) is 6.92 Å². The predicted octanol–water partition coefficient (Wildman–Crippen LogP) is 4.28. The molecule has 0 unspecified atom stereocenters. The van der Waals surface area contributed by atoms with Crippen molar-refractivity contribution in [1.82, 2.24) is 19.7 Å². The third kappa shape index (κ3) is 4.34. The summed E-state index contributed by atoms with van der Waals surface area (Å²) < 4.78 is 1.29. The lowest BCUT2D eigenvalue weighted by Crippen LogP contribution is -2.49. The number of thiazole rings is 1. The molecule has 1 aliphatic rings. The molecular weight excluding hydrogens is 470 g/mol. The number of aryl methyl sites for hydroxylation is 1. The molecule has 3 heterocycles. The van der Waals surface area contributed by atoms with Crippen molar-refractivity contribution in [2.24, 2.45) is 0 Å². The smallest absolute Gasteiger partial charge is 0.292 e. The Morgan fingerprint density at radius 2 is 1.71 bits per heavy atom. The molecule has 1 fully saturated rings. The van der Waals surface area contributed by atoms with Gasteiger partial charge in [-0.3, -0.25) is 9.59 Å². The number of aromatic nitrogens is 3. The lowest BCUT2D eigenvalue weighted by molar-refractivity contribution is 0.0741. The zero-order chi connectivity index (χ0) is 23.7. The number of rotatable bonds is 4. The summed E-state index contributed by atoms with van der Waals surface area (Å²) in [7, 11) is 0. The number of nitrogens with zero attached hydrogens (tertiary/aromatic N) is 5. The monoisotopic (exact) mass is 491 g/mol. The molecule has 2 aromatic carbocycles. The molecule has 0 bridgehead atoms. The standard InChI is InChI=1S/C25H22ClN5O2S/c1-17-7-9-18(10-8-17)23-28-20(16-34-23)24(32)30-13-11-29(12-14-30)21-15-27-31(25(33)22(21)26)19-5-3-2-4-6-19/h2-10,15-16H,11-14H2,1H3. The number of para-hydroxylation sites is 1. The number of amides is 1. The Balaban J connectivity index is 1.27. The third-order valence-corrected chi connectivity index (χ3v) is 7.08. The van der Waals surface area contributed by atoms with Crippen LogP contribution < -0.4 is 10.5 Å². The Bertz CT molecular complexity index is 1380. The molecule has 0 atom stereocenters. The zero-order valence-corrected chi connectivity index (χ0v) is 20.1. The number of hydrogen-bond donors (Lipinski definition) is 0. The molecule has 2 aromatic heterocycles. The fourth-order valence-electron chi connectivity index (χ4n) is 3.91. The van der Waals surface area contributed by atoms with Crippen molar-refractivity contribution in [2.75, 3.05) is 31.1 Å². The van der Waals surface area contributed by atoms with Gasteiger partial charge < -0.3 is 9.80 Å². The van der Waals surface area contributed by atoms with E-state index in [-0.39, 0.29) is 16.5 Å². The minimum Gasteiger partial charge on any atom is -0.365 e. The maximum Gasteiger partial charge on any atom is 0.292 e. The quantitative estimate of drug-likeness (QED) is 0.426. The van der Waals surface area contributed by atoms with E-state index in [2.05, 4.69) is 10.1 Å². The van der Waals surface area contributed by atoms with E-state index in [0.717, 1.165) is 10.6 Å². The number of hydrogen-bond acceptors (Lipinski definition) is 6. The Labute approximate surface area is 205 Å². The first-order valence-electron chi connectivity index (χ1n) is 10.9. The topological polar surface area (TPSA) is 71.3 Å². The van der Waals surface area contributed by atoms with Crippen molar-refractivity contribution in [3.8, 4) is 16.3 Å². The molecule has 0 radical (unpaired) electrons. The van der Waals surface area contributed by atoms with Gasteiger partial charge in [-0.05, 0) is 19.1 Å². The highest BCUT2D eigenvalue weighted by atomic mass is 35.5. The van der Waals surface area contributed by atoms with Gasteiger partial charge in [0.1, 0.15) is 15.7 Å². The Morgan fingerprint density at radius 1 is 1.00 bits per heavy atom. The average molecular weight is 492 g/mol. The minimum absolute atomic E-state index is 0.0852. The third-order valence-electron chi connectivity index (χ3n) is 5.83. The molecule has 0 spiro atoms. The number of piperazine rings is 1. The molecule has 0 aliphatic carbocycles. The van der Waals surface area contributed by atoms with Gasteiger partial charge >= 0.3 is 0 Å². The zero-order valence-electron chi connectivity index (χ0n) is 18.5. The second kappa shape index (κ2) is 9.40. The number of benzene rings is 2. The molecule has 1 saturated heterocycles. The largest absolute Gasteiger partial charge is 0.365 e. The maximum atomic E-state index is 13.0. The molecule has 5 rings (SSSR count). The van der Waals surface area contributed by atoms with E-state index in [4.69, 9.17) is 11.6 Å². The summed E-state index contributed by atoms with van der Waals surface area (Å²) >= 11 is 7.91. The first kappa shape index (κ1) is 22.3. The maximum absolute atomic E-state index is 13.0. The van der Waals surface area contributed by atoms with E-state index in [1.807, 2.05) is 59.7 Å². The van der Waals surface area contributed by atoms with Gasteiger partial charge in [-0.2, -0.15) is 9.78 Å². The summed E-state index contributed by atoms with van der Waals surface area (Å²) in [4.78, 5) is 34.2. The summed E-state index contributed by atoms with van der Waals surface area (Å²) in [5.74, 6) is -0.0852. The number of halogens is 1. The normalized spacial score (nSPS) is 13.8. The van der Waals surface area contributed by atoms with Gasteiger partial charge in [0.25, 0.3) is 11.5 Å². The van der Waals surface area contributed by atoms with E-state index < -0.39 is 0 Å². The molecule has 172 valence electrons. The van der Waals surface area contributed by atoms with Crippen LogP contribution in [0.1, 0.15) is 16.1 Å². The van der Waals surface area contributed by atoms with Crippen molar-refractivity contribution < 1.29 is 4.79 Å². The van der Waals surface area contributed by atoms with Crippen LogP contribution in [0.2, 0.25) is 5.02 Å². The fourth-order valence-corrected chi connectivity index (χ4v) is 4.96. The average Bonchev–Trinajstić information content (AvgIpc) is 3.37. The van der Waals surface area contributed by atoms with Crippen molar-refractivity contribution >= 4 is 34.5 Å².